The Morgan fingerprint density at radius 2 is 1.89 bits per heavy atom. The van der Waals surface area contributed by atoms with E-state index in [1.165, 1.54) is 0 Å². The van der Waals surface area contributed by atoms with Gasteiger partial charge in [-0.1, -0.05) is 23.2 Å². The van der Waals surface area contributed by atoms with Crippen molar-refractivity contribution in [2.45, 2.75) is 0 Å². The van der Waals surface area contributed by atoms with Crippen LogP contribution in [0.1, 0.15) is 0 Å². The number of benzene rings is 2. The molecule has 0 aliphatic carbocycles. The van der Waals surface area contributed by atoms with E-state index < -0.39 is 0 Å². The van der Waals surface area contributed by atoms with Crippen molar-refractivity contribution in [2.24, 2.45) is 0 Å². The summed E-state index contributed by atoms with van der Waals surface area (Å²) in [5.41, 5.74) is 6.63. The molecule has 0 spiro atoms. The molecule has 0 amide bonds. The highest BCUT2D eigenvalue weighted by atomic mass is 35.5. The summed E-state index contributed by atoms with van der Waals surface area (Å²) in [5, 5.41) is 1.57. The van der Waals surface area contributed by atoms with E-state index in [0.29, 0.717) is 32.1 Å². The summed E-state index contributed by atoms with van der Waals surface area (Å²) in [6, 6.07) is 8.01. The highest BCUT2D eigenvalue weighted by Gasteiger charge is 2.13. The minimum atomic E-state index is -0.206. The number of nitrogen functional groups attached to an aromatic ring is 1. The van der Waals surface area contributed by atoms with E-state index in [0.717, 1.165) is 0 Å². The van der Waals surface area contributed by atoms with E-state index in [1.54, 1.807) is 30.3 Å². The molecular formula is C13H7Cl2NO2. The van der Waals surface area contributed by atoms with Gasteiger partial charge in [0.25, 0.3) is 0 Å². The number of rotatable bonds is 0. The van der Waals surface area contributed by atoms with Gasteiger partial charge in [-0.2, -0.15) is 0 Å². The maximum Gasteiger partial charge on any atom is 0.202 e. The maximum absolute atomic E-state index is 12.3. The highest BCUT2D eigenvalue weighted by molar-refractivity contribution is 6.35. The Labute approximate surface area is 112 Å². The zero-order valence-electron chi connectivity index (χ0n) is 9.04. The van der Waals surface area contributed by atoms with E-state index in [4.69, 9.17) is 33.4 Å². The van der Waals surface area contributed by atoms with Crippen LogP contribution in [0.2, 0.25) is 10.0 Å². The summed E-state index contributed by atoms with van der Waals surface area (Å²) in [4.78, 5) is 12.3. The van der Waals surface area contributed by atoms with Crippen molar-refractivity contribution in [2.75, 3.05) is 5.73 Å². The fraction of sp³-hybridized carbons (Fsp3) is 0. The number of anilines is 1. The Morgan fingerprint density at radius 1 is 1.11 bits per heavy atom. The Balaban J connectivity index is 2.65. The molecule has 0 aliphatic heterocycles. The lowest BCUT2D eigenvalue weighted by atomic mass is 10.1. The van der Waals surface area contributed by atoms with Gasteiger partial charge in [0.2, 0.25) is 5.43 Å². The molecule has 0 unspecified atom stereocenters. The summed E-state index contributed by atoms with van der Waals surface area (Å²) in [7, 11) is 0. The monoisotopic (exact) mass is 279 g/mol. The second kappa shape index (κ2) is 3.90. The molecule has 1 aromatic heterocycles. The Bertz CT molecular complexity index is 840. The van der Waals surface area contributed by atoms with Gasteiger partial charge < -0.3 is 10.2 Å². The van der Waals surface area contributed by atoms with Crippen LogP contribution in [-0.2, 0) is 0 Å². The maximum atomic E-state index is 12.3. The average Bonchev–Trinajstić information content (AvgIpc) is 2.33. The lowest BCUT2D eigenvalue weighted by molar-refractivity contribution is 0.660. The molecule has 3 nitrogen and oxygen atoms in total. The normalized spacial score (nSPS) is 11.2. The molecule has 0 saturated carbocycles. The Kier molecular flexibility index (Phi) is 2.47. The van der Waals surface area contributed by atoms with Crippen molar-refractivity contribution in [3.63, 3.8) is 0 Å². The van der Waals surface area contributed by atoms with Crippen LogP contribution in [0.4, 0.5) is 5.69 Å². The van der Waals surface area contributed by atoms with Crippen molar-refractivity contribution in [3.8, 4) is 0 Å². The lowest BCUT2D eigenvalue weighted by Crippen LogP contribution is -2.05. The average molecular weight is 280 g/mol. The summed E-state index contributed by atoms with van der Waals surface area (Å²) >= 11 is 11.9. The third-order valence-corrected chi connectivity index (χ3v) is 3.30. The molecule has 1 heterocycles. The third kappa shape index (κ3) is 1.55. The molecule has 0 atom stereocenters. The lowest BCUT2D eigenvalue weighted by Gasteiger charge is -2.05. The van der Waals surface area contributed by atoms with E-state index in [-0.39, 0.29) is 11.0 Å². The van der Waals surface area contributed by atoms with Crippen LogP contribution in [0.3, 0.4) is 0 Å². The molecule has 0 fully saturated rings. The summed E-state index contributed by atoms with van der Waals surface area (Å²) in [6.45, 7) is 0. The summed E-state index contributed by atoms with van der Waals surface area (Å²) in [5.74, 6) is 0. The Hall–Kier alpha value is -1.71. The molecular weight excluding hydrogens is 273 g/mol. The second-order valence-electron chi connectivity index (χ2n) is 3.91. The van der Waals surface area contributed by atoms with Crippen LogP contribution < -0.4 is 11.2 Å². The molecule has 5 heteroatoms. The molecule has 3 rings (SSSR count). The number of nitrogens with two attached hydrogens (primary N) is 1. The molecule has 0 radical (unpaired) electrons. The molecule has 0 saturated heterocycles. The number of halogens is 2. The first-order chi connectivity index (χ1) is 8.58. The zero-order valence-corrected chi connectivity index (χ0v) is 10.5. The molecule has 3 aromatic rings. The van der Waals surface area contributed by atoms with Gasteiger partial charge in [-0.3, -0.25) is 4.79 Å². The third-order valence-electron chi connectivity index (χ3n) is 2.77. The molecule has 0 aliphatic rings. The predicted molar refractivity (Wildman–Crippen MR) is 74.4 cm³/mol. The minimum absolute atomic E-state index is 0.206. The second-order valence-corrected chi connectivity index (χ2v) is 4.76. The van der Waals surface area contributed by atoms with Gasteiger partial charge in [0, 0.05) is 16.8 Å². The number of hydrogen-bond donors (Lipinski definition) is 1. The van der Waals surface area contributed by atoms with Crippen LogP contribution in [-0.4, -0.2) is 0 Å². The van der Waals surface area contributed by atoms with E-state index in [1.807, 2.05) is 0 Å². The highest BCUT2D eigenvalue weighted by Crippen LogP contribution is 2.29. The van der Waals surface area contributed by atoms with Gasteiger partial charge in [-0.15, -0.1) is 0 Å². The molecule has 18 heavy (non-hydrogen) atoms. The van der Waals surface area contributed by atoms with E-state index >= 15 is 0 Å². The predicted octanol–water partition coefficient (Wildman–Crippen LogP) is 3.84. The standard InChI is InChI=1S/C13H7Cl2NO2/c14-6-1-2-7-10(5-6)18-13-8(15)3-4-9(16)11(13)12(7)17/h1-5H,16H2. The van der Waals surface area contributed by atoms with E-state index in [2.05, 4.69) is 0 Å². The van der Waals surface area contributed by atoms with Crippen LogP contribution in [0.25, 0.3) is 21.9 Å². The minimum Gasteiger partial charge on any atom is -0.454 e. The first kappa shape index (κ1) is 11.4. The fourth-order valence-corrected chi connectivity index (χ4v) is 2.28. The topological polar surface area (TPSA) is 56.2 Å². The molecule has 2 aromatic carbocycles. The van der Waals surface area contributed by atoms with Crippen LogP contribution in [0.5, 0.6) is 0 Å². The molecule has 2 N–H and O–H groups in total. The van der Waals surface area contributed by atoms with E-state index in [9.17, 15) is 4.79 Å². The molecule has 90 valence electrons. The van der Waals surface area contributed by atoms with Gasteiger partial charge >= 0.3 is 0 Å². The van der Waals surface area contributed by atoms with Crippen molar-refractivity contribution in [1.82, 2.24) is 0 Å². The first-order valence-electron chi connectivity index (χ1n) is 5.18. The molecule has 0 bridgehead atoms. The summed E-state index contributed by atoms with van der Waals surface area (Å²) < 4.78 is 5.62. The smallest absolute Gasteiger partial charge is 0.202 e. The van der Waals surface area contributed by atoms with Crippen molar-refractivity contribution >= 4 is 50.8 Å². The van der Waals surface area contributed by atoms with Crippen LogP contribution in [0.15, 0.2) is 39.5 Å². The van der Waals surface area contributed by atoms with Crippen LogP contribution in [0, 0.1) is 0 Å². The van der Waals surface area contributed by atoms with Crippen molar-refractivity contribution in [1.29, 1.82) is 0 Å². The van der Waals surface area contributed by atoms with Gasteiger partial charge in [0.15, 0.2) is 5.58 Å². The Morgan fingerprint density at radius 3 is 2.67 bits per heavy atom. The van der Waals surface area contributed by atoms with Gasteiger partial charge in [-0.05, 0) is 24.3 Å². The summed E-state index contributed by atoms with van der Waals surface area (Å²) in [6.07, 6.45) is 0. The van der Waals surface area contributed by atoms with Gasteiger partial charge in [0.05, 0.1) is 15.8 Å². The number of fused-ring (bicyclic) bond motifs is 2. The number of hydrogen-bond acceptors (Lipinski definition) is 3. The fourth-order valence-electron chi connectivity index (χ4n) is 1.92. The van der Waals surface area contributed by atoms with Gasteiger partial charge in [0.1, 0.15) is 5.58 Å². The van der Waals surface area contributed by atoms with Gasteiger partial charge in [-0.25, -0.2) is 0 Å². The largest absolute Gasteiger partial charge is 0.454 e. The quantitative estimate of drug-likeness (QED) is 0.503. The SMILES string of the molecule is Nc1ccc(Cl)c2oc3cc(Cl)ccc3c(=O)c12. The van der Waals surface area contributed by atoms with Crippen molar-refractivity contribution < 1.29 is 4.42 Å². The first-order valence-corrected chi connectivity index (χ1v) is 5.93. The van der Waals surface area contributed by atoms with Crippen molar-refractivity contribution in [3.05, 3.63) is 50.6 Å². The van der Waals surface area contributed by atoms with Crippen LogP contribution >= 0.6 is 23.2 Å². The zero-order chi connectivity index (χ0) is 12.9.